The van der Waals surface area contributed by atoms with Crippen LogP contribution < -0.4 is 10.2 Å². The summed E-state index contributed by atoms with van der Waals surface area (Å²) in [5.41, 5.74) is 1.28. The highest BCUT2D eigenvalue weighted by molar-refractivity contribution is 6.34. The Morgan fingerprint density at radius 3 is 2.17 bits per heavy atom. The molecule has 0 fully saturated rings. The van der Waals surface area contributed by atoms with Gasteiger partial charge in [-0.1, -0.05) is 18.2 Å². The number of nitrogens with one attached hydrogen (secondary N) is 1. The van der Waals surface area contributed by atoms with Crippen molar-refractivity contribution in [3.05, 3.63) is 99.6 Å². The number of hydrogen-bond acceptors (Lipinski definition) is 5. The first kappa shape index (κ1) is 18.1. The monoisotopic (exact) mass is 387 g/mol. The number of anilines is 2. The summed E-state index contributed by atoms with van der Waals surface area (Å²) in [6.45, 7) is 0. The minimum absolute atomic E-state index is 0.142. The van der Waals surface area contributed by atoms with E-state index in [9.17, 15) is 24.5 Å². The summed E-state index contributed by atoms with van der Waals surface area (Å²) in [4.78, 5) is 48.9. The van der Waals surface area contributed by atoms with E-state index in [1.807, 2.05) is 0 Å². The zero-order chi connectivity index (χ0) is 20.5. The van der Waals surface area contributed by atoms with Crippen LogP contribution in [0.1, 0.15) is 31.1 Å². The van der Waals surface area contributed by atoms with Crippen LogP contribution in [0, 0.1) is 10.1 Å². The molecule has 8 nitrogen and oxygen atoms in total. The van der Waals surface area contributed by atoms with Crippen LogP contribution in [0.5, 0.6) is 0 Å². The molecule has 0 unspecified atom stereocenters. The molecule has 0 atom stereocenters. The fourth-order valence-electron chi connectivity index (χ4n) is 3.07. The van der Waals surface area contributed by atoms with Gasteiger partial charge in [0, 0.05) is 23.4 Å². The molecule has 1 aliphatic heterocycles. The number of fused-ring (bicyclic) bond motifs is 1. The van der Waals surface area contributed by atoms with Gasteiger partial charge in [-0.2, -0.15) is 0 Å². The second-order valence-electron chi connectivity index (χ2n) is 6.30. The van der Waals surface area contributed by atoms with Crippen LogP contribution in [0.15, 0.2) is 72.8 Å². The van der Waals surface area contributed by atoms with E-state index < -0.39 is 16.7 Å². The largest absolute Gasteiger partial charge is 0.322 e. The van der Waals surface area contributed by atoms with E-state index in [4.69, 9.17) is 0 Å². The minimum atomic E-state index is -0.562. The molecule has 4 rings (SSSR count). The van der Waals surface area contributed by atoms with Gasteiger partial charge < -0.3 is 5.32 Å². The van der Waals surface area contributed by atoms with Crippen molar-refractivity contribution in [3.8, 4) is 0 Å². The van der Waals surface area contributed by atoms with Gasteiger partial charge in [-0.25, -0.2) is 4.90 Å². The van der Waals surface area contributed by atoms with Crippen molar-refractivity contribution in [1.82, 2.24) is 0 Å². The number of rotatable bonds is 4. The number of hydrogen-bond donors (Lipinski definition) is 1. The Balaban J connectivity index is 1.61. The number of nitrogens with zero attached hydrogens (tertiary/aromatic N) is 2. The fraction of sp³-hybridized carbons (Fsp3) is 0. The molecule has 0 radical (unpaired) electrons. The second-order valence-corrected chi connectivity index (χ2v) is 6.30. The topological polar surface area (TPSA) is 110 Å². The van der Waals surface area contributed by atoms with Crippen LogP contribution in [0.3, 0.4) is 0 Å². The van der Waals surface area contributed by atoms with Crippen molar-refractivity contribution >= 4 is 34.8 Å². The zero-order valence-corrected chi connectivity index (χ0v) is 14.9. The summed E-state index contributed by atoms with van der Waals surface area (Å²) >= 11 is 0. The normalized spacial score (nSPS) is 12.6. The van der Waals surface area contributed by atoms with Crippen LogP contribution in [-0.2, 0) is 0 Å². The molecule has 142 valence electrons. The van der Waals surface area contributed by atoms with Crippen molar-refractivity contribution in [2.24, 2.45) is 0 Å². The van der Waals surface area contributed by atoms with Gasteiger partial charge in [0.25, 0.3) is 23.4 Å². The predicted octanol–water partition coefficient (Wildman–Crippen LogP) is 3.65. The number of nitro benzene ring substituents is 1. The molecule has 0 spiro atoms. The highest BCUT2D eigenvalue weighted by atomic mass is 16.6. The van der Waals surface area contributed by atoms with Gasteiger partial charge in [-0.3, -0.25) is 24.5 Å². The van der Waals surface area contributed by atoms with Crippen molar-refractivity contribution in [1.29, 1.82) is 0 Å². The summed E-state index contributed by atoms with van der Waals surface area (Å²) in [6.07, 6.45) is 0. The van der Waals surface area contributed by atoms with Crippen molar-refractivity contribution < 1.29 is 19.3 Å². The molecule has 0 aliphatic carbocycles. The lowest BCUT2D eigenvalue weighted by molar-refractivity contribution is -0.384. The van der Waals surface area contributed by atoms with Gasteiger partial charge >= 0.3 is 0 Å². The van der Waals surface area contributed by atoms with Crippen LogP contribution >= 0.6 is 0 Å². The fourth-order valence-corrected chi connectivity index (χ4v) is 3.07. The molecule has 3 amide bonds. The van der Waals surface area contributed by atoms with Crippen molar-refractivity contribution in [2.45, 2.75) is 0 Å². The maximum Gasteiger partial charge on any atom is 0.269 e. The highest BCUT2D eigenvalue weighted by Crippen LogP contribution is 2.31. The Morgan fingerprint density at radius 2 is 1.52 bits per heavy atom. The molecular weight excluding hydrogens is 374 g/mol. The molecule has 3 aromatic rings. The van der Waals surface area contributed by atoms with E-state index in [2.05, 4.69) is 5.32 Å². The number of nitro groups is 1. The molecule has 1 N–H and O–H groups in total. The average Bonchev–Trinajstić information content (AvgIpc) is 2.98. The maximum atomic E-state index is 12.8. The third kappa shape index (κ3) is 3.23. The van der Waals surface area contributed by atoms with Crippen LogP contribution in [0.25, 0.3) is 0 Å². The Kier molecular flexibility index (Phi) is 4.36. The molecule has 8 heteroatoms. The van der Waals surface area contributed by atoms with Crippen LogP contribution in [-0.4, -0.2) is 22.6 Å². The molecule has 0 saturated carbocycles. The Bertz CT molecular complexity index is 1160. The lowest BCUT2D eigenvalue weighted by Gasteiger charge is -2.13. The summed E-state index contributed by atoms with van der Waals surface area (Å²) in [5.74, 6) is -1.43. The number of imide groups is 1. The number of carbonyl (C=O) groups is 3. The van der Waals surface area contributed by atoms with Gasteiger partial charge in [0.2, 0.25) is 0 Å². The number of non-ortho nitro benzene ring substituents is 1. The van der Waals surface area contributed by atoms with E-state index in [1.165, 1.54) is 36.4 Å². The number of carbonyl (C=O) groups excluding carboxylic acids is 3. The van der Waals surface area contributed by atoms with E-state index in [-0.39, 0.29) is 28.4 Å². The summed E-state index contributed by atoms with van der Waals surface area (Å²) in [5, 5.41) is 13.5. The summed E-state index contributed by atoms with van der Waals surface area (Å²) in [7, 11) is 0. The Morgan fingerprint density at radius 1 is 0.862 bits per heavy atom. The smallest absolute Gasteiger partial charge is 0.269 e. The molecule has 1 aliphatic rings. The molecular formula is C21H13N3O5. The molecule has 0 aromatic heterocycles. The van der Waals surface area contributed by atoms with E-state index in [0.717, 1.165) is 4.90 Å². The van der Waals surface area contributed by atoms with E-state index in [1.54, 1.807) is 36.4 Å². The van der Waals surface area contributed by atoms with Gasteiger partial charge in [0.05, 0.1) is 21.7 Å². The third-order valence-corrected chi connectivity index (χ3v) is 4.50. The third-order valence-electron chi connectivity index (χ3n) is 4.50. The molecule has 29 heavy (non-hydrogen) atoms. The Labute approximate surface area is 164 Å². The molecule has 1 heterocycles. The maximum absolute atomic E-state index is 12.8. The predicted molar refractivity (Wildman–Crippen MR) is 105 cm³/mol. The standard InChI is InChI=1S/C21H13N3O5/c25-19(13-4-2-1-3-5-13)22-14-6-11-17-18(12-14)21(27)23(20(17)26)15-7-9-16(10-8-15)24(28)29/h1-12H,(H,22,25). The van der Waals surface area contributed by atoms with E-state index in [0.29, 0.717) is 11.3 Å². The summed E-state index contributed by atoms with van der Waals surface area (Å²) < 4.78 is 0. The van der Waals surface area contributed by atoms with Crippen molar-refractivity contribution in [3.63, 3.8) is 0 Å². The zero-order valence-electron chi connectivity index (χ0n) is 14.9. The highest BCUT2D eigenvalue weighted by Gasteiger charge is 2.37. The SMILES string of the molecule is O=C(Nc1ccc2c(c1)C(=O)N(c1ccc([N+](=O)[O-])cc1)C2=O)c1ccccc1. The average molecular weight is 387 g/mol. The summed E-state index contributed by atoms with van der Waals surface area (Å²) in [6, 6.07) is 18.2. The molecule has 0 saturated heterocycles. The van der Waals surface area contributed by atoms with Crippen LogP contribution in [0.4, 0.5) is 17.1 Å². The first-order valence-corrected chi connectivity index (χ1v) is 8.59. The van der Waals surface area contributed by atoms with Crippen molar-refractivity contribution in [2.75, 3.05) is 10.2 Å². The van der Waals surface area contributed by atoms with Gasteiger partial charge in [0.1, 0.15) is 0 Å². The van der Waals surface area contributed by atoms with E-state index >= 15 is 0 Å². The number of amides is 3. The van der Waals surface area contributed by atoms with Crippen LogP contribution in [0.2, 0.25) is 0 Å². The molecule has 0 bridgehead atoms. The van der Waals surface area contributed by atoms with Gasteiger partial charge in [-0.05, 0) is 42.5 Å². The first-order chi connectivity index (χ1) is 14.0. The lowest BCUT2D eigenvalue weighted by atomic mass is 10.1. The Hall–Kier alpha value is -4.33. The second kappa shape index (κ2) is 7.01. The lowest BCUT2D eigenvalue weighted by Crippen LogP contribution is -2.29. The molecule has 3 aromatic carbocycles. The number of benzene rings is 3. The van der Waals surface area contributed by atoms with Gasteiger partial charge in [-0.15, -0.1) is 0 Å². The van der Waals surface area contributed by atoms with Gasteiger partial charge in [0.15, 0.2) is 0 Å². The first-order valence-electron chi connectivity index (χ1n) is 8.59. The quantitative estimate of drug-likeness (QED) is 0.417. The minimum Gasteiger partial charge on any atom is -0.322 e.